The van der Waals surface area contributed by atoms with Crippen molar-refractivity contribution in [2.24, 2.45) is 0 Å². The van der Waals surface area contributed by atoms with Gasteiger partial charge in [0.2, 0.25) is 5.78 Å². The summed E-state index contributed by atoms with van der Waals surface area (Å²) in [7, 11) is 1.55. The molecule has 0 spiro atoms. The fourth-order valence-corrected chi connectivity index (χ4v) is 1.77. The molecule has 0 saturated carbocycles. The highest BCUT2D eigenvalue weighted by Gasteiger charge is 2.17. The number of aryl methyl sites for hydroxylation is 1. The highest BCUT2D eigenvalue weighted by atomic mass is 16.5. The van der Waals surface area contributed by atoms with Gasteiger partial charge in [-0.15, -0.1) is 0 Å². The largest absolute Gasteiger partial charge is 0.497 e. The SMILES string of the molecule is CCn1nccc1C(=O)c1cc(OC)ccc1N. The van der Waals surface area contributed by atoms with Gasteiger partial charge < -0.3 is 10.5 Å². The van der Waals surface area contributed by atoms with Gasteiger partial charge in [0.05, 0.1) is 12.7 Å². The van der Waals surface area contributed by atoms with Gasteiger partial charge in [-0.2, -0.15) is 5.10 Å². The topological polar surface area (TPSA) is 70.1 Å². The van der Waals surface area contributed by atoms with Crippen LogP contribution in [0.5, 0.6) is 5.75 Å². The summed E-state index contributed by atoms with van der Waals surface area (Å²) in [5.74, 6) is 0.459. The van der Waals surface area contributed by atoms with E-state index in [0.29, 0.717) is 29.2 Å². The lowest BCUT2D eigenvalue weighted by molar-refractivity contribution is 0.102. The second-order valence-corrected chi connectivity index (χ2v) is 3.81. The van der Waals surface area contributed by atoms with Crippen molar-refractivity contribution in [1.29, 1.82) is 0 Å². The number of nitrogen functional groups attached to an aromatic ring is 1. The Morgan fingerprint density at radius 3 is 2.89 bits per heavy atom. The quantitative estimate of drug-likeness (QED) is 0.657. The Morgan fingerprint density at radius 2 is 2.22 bits per heavy atom. The number of nitrogens with two attached hydrogens (primary N) is 1. The fraction of sp³-hybridized carbons (Fsp3) is 0.231. The third-order valence-electron chi connectivity index (χ3n) is 2.75. The number of hydrogen-bond donors (Lipinski definition) is 1. The van der Waals surface area contributed by atoms with Crippen molar-refractivity contribution in [3.05, 3.63) is 41.7 Å². The Balaban J connectivity index is 2.45. The van der Waals surface area contributed by atoms with E-state index in [2.05, 4.69) is 5.10 Å². The number of nitrogens with zero attached hydrogens (tertiary/aromatic N) is 2. The Morgan fingerprint density at radius 1 is 1.44 bits per heavy atom. The molecule has 18 heavy (non-hydrogen) atoms. The maximum Gasteiger partial charge on any atom is 0.213 e. The van der Waals surface area contributed by atoms with Crippen LogP contribution in [-0.2, 0) is 6.54 Å². The maximum atomic E-state index is 12.4. The molecular weight excluding hydrogens is 230 g/mol. The highest BCUT2D eigenvalue weighted by molar-refractivity contribution is 6.11. The lowest BCUT2D eigenvalue weighted by Gasteiger charge is -2.08. The predicted molar refractivity (Wildman–Crippen MR) is 68.7 cm³/mol. The Kier molecular flexibility index (Phi) is 3.32. The molecule has 0 bridgehead atoms. The number of hydrogen-bond acceptors (Lipinski definition) is 4. The first kappa shape index (κ1) is 12.2. The number of benzene rings is 1. The molecule has 0 unspecified atom stereocenters. The molecule has 5 nitrogen and oxygen atoms in total. The van der Waals surface area contributed by atoms with E-state index in [0.717, 1.165) is 0 Å². The number of ketones is 1. The Bertz CT molecular complexity index is 575. The number of ether oxygens (including phenoxy) is 1. The first-order valence-corrected chi connectivity index (χ1v) is 5.67. The molecule has 1 aromatic carbocycles. The zero-order valence-electron chi connectivity index (χ0n) is 10.4. The summed E-state index contributed by atoms with van der Waals surface area (Å²) >= 11 is 0. The molecule has 2 aromatic rings. The van der Waals surface area contributed by atoms with Crippen LogP contribution in [0.4, 0.5) is 5.69 Å². The molecule has 0 aliphatic rings. The van der Waals surface area contributed by atoms with E-state index in [1.54, 1.807) is 42.3 Å². The standard InChI is InChI=1S/C13H15N3O2/c1-3-16-12(6-7-15-16)13(17)10-8-9(18-2)4-5-11(10)14/h4-8H,3,14H2,1-2H3. The zero-order chi connectivity index (χ0) is 13.1. The minimum absolute atomic E-state index is 0.147. The van der Waals surface area contributed by atoms with Gasteiger partial charge in [-0.3, -0.25) is 9.48 Å². The van der Waals surface area contributed by atoms with E-state index in [-0.39, 0.29) is 5.78 Å². The van der Waals surface area contributed by atoms with Crippen molar-refractivity contribution >= 4 is 11.5 Å². The highest BCUT2D eigenvalue weighted by Crippen LogP contribution is 2.22. The van der Waals surface area contributed by atoms with Crippen LogP contribution in [0, 0.1) is 0 Å². The van der Waals surface area contributed by atoms with Gasteiger partial charge in [0.15, 0.2) is 0 Å². The second-order valence-electron chi connectivity index (χ2n) is 3.81. The average Bonchev–Trinajstić information content (AvgIpc) is 2.86. The summed E-state index contributed by atoms with van der Waals surface area (Å²) in [6.07, 6.45) is 1.60. The average molecular weight is 245 g/mol. The first-order valence-electron chi connectivity index (χ1n) is 5.67. The molecule has 0 radical (unpaired) electrons. The van der Waals surface area contributed by atoms with Crippen molar-refractivity contribution in [3.63, 3.8) is 0 Å². The van der Waals surface area contributed by atoms with Crippen LogP contribution in [0.3, 0.4) is 0 Å². The van der Waals surface area contributed by atoms with E-state index in [9.17, 15) is 4.79 Å². The van der Waals surface area contributed by atoms with Crippen LogP contribution in [0.15, 0.2) is 30.5 Å². The smallest absolute Gasteiger partial charge is 0.213 e. The Labute approximate surface area is 105 Å². The van der Waals surface area contributed by atoms with Crippen LogP contribution in [0.2, 0.25) is 0 Å². The monoisotopic (exact) mass is 245 g/mol. The van der Waals surface area contributed by atoms with Gasteiger partial charge in [0, 0.05) is 18.4 Å². The minimum Gasteiger partial charge on any atom is -0.497 e. The van der Waals surface area contributed by atoms with Gasteiger partial charge in [0.1, 0.15) is 11.4 Å². The number of rotatable bonds is 4. The molecule has 0 fully saturated rings. The van der Waals surface area contributed by atoms with Crippen molar-refractivity contribution in [1.82, 2.24) is 9.78 Å². The van der Waals surface area contributed by atoms with Crippen molar-refractivity contribution < 1.29 is 9.53 Å². The van der Waals surface area contributed by atoms with E-state index < -0.39 is 0 Å². The summed E-state index contributed by atoms with van der Waals surface area (Å²) in [5.41, 5.74) is 7.23. The lowest BCUT2D eigenvalue weighted by atomic mass is 10.1. The van der Waals surface area contributed by atoms with Crippen LogP contribution in [-0.4, -0.2) is 22.7 Å². The number of anilines is 1. The number of aromatic nitrogens is 2. The molecule has 0 atom stereocenters. The van der Waals surface area contributed by atoms with Crippen molar-refractivity contribution in [3.8, 4) is 5.75 Å². The summed E-state index contributed by atoms with van der Waals surface area (Å²) in [4.78, 5) is 12.4. The number of carbonyl (C=O) groups excluding carboxylic acids is 1. The number of methoxy groups -OCH3 is 1. The molecule has 1 aromatic heterocycles. The molecule has 0 aliphatic carbocycles. The normalized spacial score (nSPS) is 10.3. The van der Waals surface area contributed by atoms with E-state index >= 15 is 0 Å². The van der Waals surface area contributed by atoms with Crippen LogP contribution in [0.25, 0.3) is 0 Å². The maximum absolute atomic E-state index is 12.4. The number of carbonyl (C=O) groups is 1. The van der Waals surface area contributed by atoms with E-state index in [4.69, 9.17) is 10.5 Å². The molecule has 2 rings (SSSR count). The fourth-order valence-electron chi connectivity index (χ4n) is 1.77. The first-order chi connectivity index (χ1) is 8.67. The van der Waals surface area contributed by atoms with Gasteiger partial charge in [-0.25, -0.2) is 0 Å². The Hall–Kier alpha value is -2.30. The van der Waals surface area contributed by atoms with Crippen LogP contribution in [0.1, 0.15) is 23.0 Å². The molecular formula is C13H15N3O2. The second kappa shape index (κ2) is 4.91. The molecule has 94 valence electrons. The predicted octanol–water partition coefficient (Wildman–Crippen LogP) is 1.72. The van der Waals surface area contributed by atoms with Gasteiger partial charge in [-0.05, 0) is 31.2 Å². The summed E-state index contributed by atoms with van der Waals surface area (Å²) < 4.78 is 6.74. The molecule has 5 heteroatoms. The molecule has 0 aliphatic heterocycles. The third-order valence-corrected chi connectivity index (χ3v) is 2.75. The van der Waals surface area contributed by atoms with E-state index in [1.165, 1.54) is 0 Å². The summed E-state index contributed by atoms with van der Waals surface area (Å²) in [6.45, 7) is 2.57. The lowest BCUT2D eigenvalue weighted by Crippen LogP contribution is -2.12. The van der Waals surface area contributed by atoms with Crippen LogP contribution < -0.4 is 10.5 Å². The summed E-state index contributed by atoms with van der Waals surface area (Å²) in [5, 5.41) is 4.08. The van der Waals surface area contributed by atoms with Crippen LogP contribution >= 0.6 is 0 Å². The zero-order valence-corrected chi connectivity index (χ0v) is 10.4. The minimum atomic E-state index is -0.147. The third kappa shape index (κ3) is 2.07. The summed E-state index contributed by atoms with van der Waals surface area (Å²) in [6, 6.07) is 6.72. The van der Waals surface area contributed by atoms with Crippen molar-refractivity contribution in [2.45, 2.75) is 13.5 Å². The molecule has 0 amide bonds. The van der Waals surface area contributed by atoms with Crippen molar-refractivity contribution in [2.75, 3.05) is 12.8 Å². The van der Waals surface area contributed by atoms with Gasteiger partial charge in [-0.1, -0.05) is 0 Å². The van der Waals surface area contributed by atoms with Gasteiger partial charge in [0.25, 0.3) is 0 Å². The molecule has 1 heterocycles. The molecule has 0 saturated heterocycles. The van der Waals surface area contributed by atoms with E-state index in [1.807, 2.05) is 6.92 Å². The van der Waals surface area contributed by atoms with Gasteiger partial charge >= 0.3 is 0 Å². The molecule has 2 N–H and O–H groups in total.